The second kappa shape index (κ2) is 14.3. The molecule has 0 fully saturated rings. The smallest absolute Gasteiger partial charge is 0.140 e. The van der Waals surface area contributed by atoms with E-state index in [-0.39, 0.29) is 0 Å². The summed E-state index contributed by atoms with van der Waals surface area (Å²) in [7, 11) is 0. The van der Waals surface area contributed by atoms with Crippen LogP contribution in [-0.2, 0) is 11.8 Å². The van der Waals surface area contributed by atoms with Crippen LogP contribution in [0.15, 0.2) is 223 Å². The summed E-state index contributed by atoms with van der Waals surface area (Å²) in [5.74, 6) is 1.93. The lowest BCUT2D eigenvalue weighted by Crippen LogP contribution is -2.32. The summed E-state index contributed by atoms with van der Waals surface area (Å²) < 4.78 is 13.6. The van der Waals surface area contributed by atoms with Gasteiger partial charge in [0.25, 0.3) is 0 Å². The van der Waals surface area contributed by atoms with Crippen LogP contribution in [0.2, 0.25) is 0 Å². The quantitative estimate of drug-likeness (QED) is 0.173. The molecule has 2 heterocycles. The average molecular weight is 844 g/mol. The zero-order valence-electron chi connectivity index (χ0n) is 36.0. The van der Waals surface area contributed by atoms with E-state index >= 15 is 0 Å². The minimum Gasteiger partial charge on any atom is -0.456 e. The van der Waals surface area contributed by atoms with Crippen molar-refractivity contribution >= 4 is 55.8 Å². The largest absolute Gasteiger partial charge is 0.456 e. The standard InChI is InChI=1S/C63H41NO2/c1-2-13-40(14-3-1)44-17-12-18-47(37-44)64(48-32-33-53-52-22-9-11-24-59(52)65-60(53)39-48)46-30-25-41(26-31-46)45-29-34-56-54(38-45)51-21-8-10-23-55(51)63(56)57-35-27-42-15-4-6-19-49(42)61(57)66-62-50-20-7-5-16-43(50)28-36-58(62)63/h1-4,6-15,17-39H,5,16H2. The molecule has 1 aromatic heterocycles. The Morgan fingerprint density at radius 2 is 1.08 bits per heavy atom. The summed E-state index contributed by atoms with van der Waals surface area (Å²) in [5.41, 5.74) is 19.1. The summed E-state index contributed by atoms with van der Waals surface area (Å²) in [6, 6.07) is 77.4. The van der Waals surface area contributed by atoms with Gasteiger partial charge in [0.1, 0.15) is 22.7 Å². The van der Waals surface area contributed by atoms with Crippen LogP contribution >= 0.6 is 0 Å². The molecule has 3 aliphatic rings. The van der Waals surface area contributed by atoms with Crippen molar-refractivity contribution in [3.63, 3.8) is 0 Å². The fourth-order valence-corrected chi connectivity index (χ4v) is 11.4. The first kappa shape index (κ1) is 37.0. The second-order valence-corrected chi connectivity index (χ2v) is 17.9. The number of para-hydroxylation sites is 1. The van der Waals surface area contributed by atoms with E-state index in [0.717, 1.165) is 79.9 Å². The number of allylic oxidation sites excluding steroid dienone is 1. The summed E-state index contributed by atoms with van der Waals surface area (Å²) in [4.78, 5) is 2.34. The molecule has 1 unspecified atom stereocenters. The number of ether oxygens (including phenoxy) is 1. The van der Waals surface area contributed by atoms with Crippen molar-refractivity contribution in [2.45, 2.75) is 18.3 Å². The molecule has 10 aromatic carbocycles. The molecule has 0 bridgehead atoms. The lowest BCUT2D eigenvalue weighted by atomic mass is 9.65. The Morgan fingerprint density at radius 3 is 2.00 bits per heavy atom. The first-order chi connectivity index (χ1) is 32.7. The van der Waals surface area contributed by atoms with E-state index in [1.807, 2.05) is 12.1 Å². The highest BCUT2D eigenvalue weighted by Gasteiger charge is 2.52. The van der Waals surface area contributed by atoms with Crippen LogP contribution < -0.4 is 9.64 Å². The van der Waals surface area contributed by atoms with E-state index in [2.05, 4.69) is 217 Å². The molecule has 1 atom stereocenters. The molecule has 0 amide bonds. The van der Waals surface area contributed by atoms with Crippen LogP contribution in [0.25, 0.3) is 72.2 Å². The minimum absolute atomic E-state index is 0.558. The van der Waals surface area contributed by atoms with Gasteiger partial charge in [-0.05, 0) is 117 Å². The lowest BCUT2D eigenvalue weighted by Gasteiger charge is -2.41. The number of hydrogen-bond acceptors (Lipinski definition) is 3. The Labute approximate surface area is 383 Å². The highest BCUT2D eigenvalue weighted by molar-refractivity contribution is 6.06. The number of furan rings is 1. The number of rotatable bonds is 5. The zero-order valence-corrected chi connectivity index (χ0v) is 36.0. The Bertz CT molecular complexity index is 3800. The van der Waals surface area contributed by atoms with Crippen molar-refractivity contribution in [3.8, 4) is 44.9 Å². The maximum Gasteiger partial charge on any atom is 0.140 e. The van der Waals surface area contributed by atoms with Gasteiger partial charge in [0.05, 0.1) is 5.41 Å². The Kier molecular flexibility index (Phi) is 8.02. The molecule has 3 nitrogen and oxygen atoms in total. The van der Waals surface area contributed by atoms with E-state index in [0.29, 0.717) is 0 Å². The molecule has 3 heteroatoms. The summed E-state index contributed by atoms with van der Waals surface area (Å²) in [5, 5.41) is 4.55. The van der Waals surface area contributed by atoms with Gasteiger partial charge in [-0.25, -0.2) is 0 Å². The number of benzene rings is 10. The van der Waals surface area contributed by atoms with Crippen LogP contribution in [0.3, 0.4) is 0 Å². The van der Waals surface area contributed by atoms with Gasteiger partial charge < -0.3 is 14.1 Å². The molecule has 0 radical (unpaired) electrons. The molecule has 310 valence electrons. The monoisotopic (exact) mass is 843 g/mol. The average Bonchev–Trinajstić information content (AvgIpc) is 3.90. The van der Waals surface area contributed by atoms with E-state index in [1.165, 1.54) is 61.0 Å². The first-order valence-corrected chi connectivity index (χ1v) is 23.0. The fourth-order valence-electron chi connectivity index (χ4n) is 11.4. The molecule has 11 aromatic rings. The number of anilines is 3. The Morgan fingerprint density at radius 1 is 0.409 bits per heavy atom. The zero-order chi connectivity index (χ0) is 43.3. The molecule has 1 aliphatic heterocycles. The number of hydrogen-bond donors (Lipinski definition) is 0. The molecule has 0 N–H and O–H groups in total. The van der Waals surface area contributed by atoms with Crippen molar-refractivity contribution in [2.24, 2.45) is 0 Å². The van der Waals surface area contributed by atoms with Crippen molar-refractivity contribution in [1.82, 2.24) is 0 Å². The maximum absolute atomic E-state index is 7.20. The third-order valence-electron chi connectivity index (χ3n) is 14.4. The van der Waals surface area contributed by atoms with E-state index in [4.69, 9.17) is 9.15 Å². The highest BCUT2D eigenvalue weighted by Crippen LogP contribution is 2.64. The molecule has 0 saturated carbocycles. The van der Waals surface area contributed by atoms with Gasteiger partial charge in [0.2, 0.25) is 0 Å². The highest BCUT2D eigenvalue weighted by atomic mass is 16.5. The minimum atomic E-state index is -0.558. The second-order valence-electron chi connectivity index (χ2n) is 17.9. The predicted octanol–water partition coefficient (Wildman–Crippen LogP) is 17.0. The molecule has 66 heavy (non-hydrogen) atoms. The number of aryl methyl sites for hydroxylation is 1. The number of nitrogens with zero attached hydrogens (tertiary/aromatic N) is 1. The van der Waals surface area contributed by atoms with Gasteiger partial charge in [-0.3, -0.25) is 0 Å². The number of fused-ring (bicyclic) bond motifs is 16. The molecule has 14 rings (SSSR count). The van der Waals surface area contributed by atoms with Gasteiger partial charge in [-0.2, -0.15) is 0 Å². The topological polar surface area (TPSA) is 25.6 Å². The third-order valence-corrected chi connectivity index (χ3v) is 14.4. The van der Waals surface area contributed by atoms with Crippen molar-refractivity contribution in [3.05, 3.63) is 252 Å². The van der Waals surface area contributed by atoms with Crippen molar-refractivity contribution in [2.75, 3.05) is 4.90 Å². The van der Waals surface area contributed by atoms with Gasteiger partial charge in [0.15, 0.2) is 0 Å². The van der Waals surface area contributed by atoms with Crippen LogP contribution in [-0.4, -0.2) is 0 Å². The van der Waals surface area contributed by atoms with Gasteiger partial charge in [-0.15, -0.1) is 0 Å². The van der Waals surface area contributed by atoms with E-state index < -0.39 is 5.41 Å². The summed E-state index contributed by atoms with van der Waals surface area (Å²) in [6.45, 7) is 0. The first-order valence-electron chi connectivity index (χ1n) is 23.0. The SMILES string of the molecule is C1=Cc2c(ccc3c2Oc2c(ccc4ccccc24)C32c3ccccc3-c3cc(-c4ccc(N(c5cccc(-c6ccccc6)c5)c5ccc6c(c5)oc5ccccc56)cc4)ccc32)CC1. The normalized spacial score (nSPS) is 15.3. The van der Waals surface area contributed by atoms with Gasteiger partial charge in [-0.1, -0.05) is 170 Å². The van der Waals surface area contributed by atoms with Crippen LogP contribution in [0, 0.1) is 0 Å². The Hall–Kier alpha value is -8.40. The molecular formula is C63H41NO2. The van der Waals surface area contributed by atoms with Gasteiger partial charge in [0, 0.05) is 56.0 Å². The third kappa shape index (κ3) is 5.38. The molecular weight excluding hydrogens is 803 g/mol. The van der Waals surface area contributed by atoms with Crippen molar-refractivity contribution in [1.29, 1.82) is 0 Å². The lowest BCUT2D eigenvalue weighted by molar-refractivity contribution is 0.439. The van der Waals surface area contributed by atoms with Crippen LogP contribution in [0.5, 0.6) is 11.5 Å². The molecule has 0 saturated heterocycles. The van der Waals surface area contributed by atoms with E-state index in [1.54, 1.807) is 0 Å². The fraction of sp³-hybridized carbons (Fsp3) is 0.0476. The van der Waals surface area contributed by atoms with Crippen molar-refractivity contribution < 1.29 is 9.15 Å². The van der Waals surface area contributed by atoms with Crippen LogP contribution in [0.4, 0.5) is 17.1 Å². The van der Waals surface area contributed by atoms with Crippen LogP contribution in [0.1, 0.15) is 39.8 Å². The summed E-state index contributed by atoms with van der Waals surface area (Å²) >= 11 is 0. The van der Waals surface area contributed by atoms with E-state index in [9.17, 15) is 0 Å². The molecule has 1 spiro atoms. The predicted molar refractivity (Wildman–Crippen MR) is 272 cm³/mol. The molecule has 2 aliphatic carbocycles. The maximum atomic E-state index is 7.20. The summed E-state index contributed by atoms with van der Waals surface area (Å²) in [6.07, 6.45) is 6.64. The van der Waals surface area contributed by atoms with Gasteiger partial charge >= 0.3 is 0 Å². The Balaban J connectivity index is 0.918.